The Morgan fingerprint density at radius 1 is 1.14 bits per heavy atom. The summed E-state index contributed by atoms with van der Waals surface area (Å²) in [7, 11) is 0. The van der Waals surface area contributed by atoms with Crippen molar-refractivity contribution in [2.45, 2.75) is 26.0 Å². The van der Waals surface area contributed by atoms with Gasteiger partial charge in [0.15, 0.2) is 0 Å². The highest BCUT2D eigenvalue weighted by atomic mass is 79.9. The van der Waals surface area contributed by atoms with Gasteiger partial charge in [0.1, 0.15) is 11.9 Å². The molecular weight excluding hydrogens is 328 g/mol. The number of aromatic nitrogens is 2. The Morgan fingerprint density at radius 2 is 1.86 bits per heavy atom. The Kier molecular flexibility index (Phi) is 4.08. The van der Waals surface area contributed by atoms with Crippen LogP contribution in [0.25, 0.3) is 11.0 Å². The molecule has 3 aromatic rings. The Morgan fingerprint density at radius 3 is 2.57 bits per heavy atom. The maximum absolute atomic E-state index is 10.2. The number of halogens is 1. The summed E-state index contributed by atoms with van der Waals surface area (Å²) >= 11 is 3.45. The van der Waals surface area contributed by atoms with Crippen LogP contribution in [0, 0.1) is 0 Å². The minimum atomic E-state index is -0.534. The van der Waals surface area contributed by atoms with E-state index in [0.29, 0.717) is 13.0 Å². The first-order valence-corrected chi connectivity index (χ1v) is 7.86. The average molecular weight is 345 g/mol. The molecule has 1 aromatic heterocycles. The number of fused-ring (bicyclic) bond motifs is 1. The maximum Gasteiger partial charge on any atom is 0.139 e. The molecule has 0 amide bonds. The van der Waals surface area contributed by atoms with Crippen molar-refractivity contribution in [2.75, 3.05) is 0 Å². The lowest BCUT2D eigenvalue weighted by molar-refractivity contribution is 0.160. The lowest BCUT2D eigenvalue weighted by Crippen LogP contribution is -2.09. The lowest BCUT2D eigenvalue weighted by Gasteiger charge is -2.13. The second-order valence-corrected chi connectivity index (χ2v) is 6.01. The smallest absolute Gasteiger partial charge is 0.139 e. The second-order valence-electron chi connectivity index (χ2n) is 5.10. The molecule has 0 saturated heterocycles. The molecule has 0 aliphatic heterocycles. The van der Waals surface area contributed by atoms with Crippen molar-refractivity contribution in [1.82, 2.24) is 9.55 Å². The van der Waals surface area contributed by atoms with Gasteiger partial charge in [0.25, 0.3) is 0 Å². The van der Waals surface area contributed by atoms with Crippen LogP contribution in [0.2, 0.25) is 0 Å². The zero-order valence-electron chi connectivity index (χ0n) is 11.8. The largest absolute Gasteiger partial charge is 0.385 e. The van der Waals surface area contributed by atoms with Gasteiger partial charge in [-0.2, -0.15) is 0 Å². The number of benzene rings is 2. The van der Waals surface area contributed by atoms with Gasteiger partial charge in [0.2, 0.25) is 0 Å². The molecule has 0 aliphatic carbocycles. The number of rotatable bonds is 4. The summed E-state index contributed by atoms with van der Waals surface area (Å²) in [6, 6.07) is 16.2. The molecule has 0 fully saturated rings. The SMILES string of the molecule is CC[C@H](O)c1nc2ccccc2n1Cc1ccc(Br)cc1. The van der Waals surface area contributed by atoms with Gasteiger partial charge >= 0.3 is 0 Å². The van der Waals surface area contributed by atoms with Crippen molar-refractivity contribution in [1.29, 1.82) is 0 Å². The number of hydrogen-bond donors (Lipinski definition) is 1. The van der Waals surface area contributed by atoms with Crippen molar-refractivity contribution in [2.24, 2.45) is 0 Å². The Bertz CT molecular complexity index is 749. The first-order chi connectivity index (χ1) is 10.2. The highest BCUT2D eigenvalue weighted by Crippen LogP contribution is 2.24. The first kappa shape index (κ1) is 14.3. The lowest BCUT2D eigenvalue weighted by atomic mass is 10.2. The quantitative estimate of drug-likeness (QED) is 0.766. The van der Waals surface area contributed by atoms with Gasteiger partial charge in [-0.3, -0.25) is 0 Å². The van der Waals surface area contributed by atoms with Crippen LogP contribution in [-0.2, 0) is 6.54 Å². The maximum atomic E-state index is 10.2. The van der Waals surface area contributed by atoms with Crippen LogP contribution in [0.5, 0.6) is 0 Å². The number of nitrogens with zero attached hydrogens (tertiary/aromatic N) is 2. The van der Waals surface area contributed by atoms with E-state index in [2.05, 4.69) is 37.6 Å². The third-order valence-corrected chi connectivity index (χ3v) is 4.15. The fourth-order valence-electron chi connectivity index (χ4n) is 2.47. The van der Waals surface area contributed by atoms with E-state index in [4.69, 9.17) is 0 Å². The number of imidazole rings is 1. The van der Waals surface area contributed by atoms with E-state index in [1.54, 1.807) is 0 Å². The van der Waals surface area contributed by atoms with Crippen molar-refractivity contribution < 1.29 is 5.11 Å². The predicted molar refractivity (Wildman–Crippen MR) is 88.2 cm³/mol. The fraction of sp³-hybridized carbons (Fsp3) is 0.235. The highest BCUT2D eigenvalue weighted by Gasteiger charge is 2.16. The van der Waals surface area contributed by atoms with Crippen molar-refractivity contribution in [3.63, 3.8) is 0 Å². The molecule has 1 N–H and O–H groups in total. The van der Waals surface area contributed by atoms with Crippen molar-refractivity contribution in [3.05, 3.63) is 64.4 Å². The van der Waals surface area contributed by atoms with E-state index in [1.807, 2.05) is 43.3 Å². The van der Waals surface area contributed by atoms with Crippen LogP contribution in [0.15, 0.2) is 53.0 Å². The third kappa shape index (κ3) is 2.87. The van der Waals surface area contributed by atoms with E-state index in [-0.39, 0.29) is 0 Å². The molecule has 0 aliphatic rings. The van der Waals surface area contributed by atoms with E-state index in [1.165, 1.54) is 5.56 Å². The number of aliphatic hydroxyl groups excluding tert-OH is 1. The summed E-state index contributed by atoms with van der Waals surface area (Å²) in [5.74, 6) is 0.738. The molecular formula is C17H17BrN2O. The molecule has 0 bridgehead atoms. The number of hydrogen-bond acceptors (Lipinski definition) is 2. The molecule has 3 nitrogen and oxygen atoms in total. The molecule has 1 atom stereocenters. The molecule has 4 heteroatoms. The minimum Gasteiger partial charge on any atom is -0.385 e. The highest BCUT2D eigenvalue weighted by molar-refractivity contribution is 9.10. The molecule has 0 unspecified atom stereocenters. The third-order valence-electron chi connectivity index (χ3n) is 3.62. The molecule has 2 aromatic carbocycles. The van der Waals surface area contributed by atoms with Crippen molar-refractivity contribution in [3.8, 4) is 0 Å². The monoisotopic (exact) mass is 344 g/mol. The molecule has 0 saturated carbocycles. The van der Waals surface area contributed by atoms with E-state index >= 15 is 0 Å². The second kappa shape index (κ2) is 6.00. The molecule has 0 radical (unpaired) electrons. The van der Waals surface area contributed by atoms with E-state index in [0.717, 1.165) is 21.3 Å². The van der Waals surface area contributed by atoms with E-state index in [9.17, 15) is 5.11 Å². The van der Waals surface area contributed by atoms with Crippen molar-refractivity contribution >= 4 is 27.0 Å². The van der Waals surface area contributed by atoms with Gasteiger partial charge in [-0.1, -0.05) is 47.1 Å². The topological polar surface area (TPSA) is 38.1 Å². The number of aliphatic hydroxyl groups is 1. The predicted octanol–water partition coefficient (Wildman–Crippen LogP) is 4.29. The normalized spacial score (nSPS) is 12.7. The molecule has 0 spiro atoms. The summed E-state index contributed by atoms with van der Waals surface area (Å²) < 4.78 is 3.17. The van der Waals surface area contributed by atoms with Crippen LogP contribution in [0.3, 0.4) is 0 Å². The standard InChI is InChI=1S/C17H17BrN2O/c1-2-16(21)17-19-14-5-3-4-6-15(14)20(17)11-12-7-9-13(18)10-8-12/h3-10,16,21H,2,11H2,1H3/t16-/m0/s1. The van der Waals surface area contributed by atoms with Crippen LogP contribution in [-0.4, -0.2) is 14.7 Å². The van der Waals surface area contributed by atoms with E-state index < -0.39 is 6.10 Å². The molecule has 1 heterocycles. The van der Waals surface area contributed by atoms with Crippen LogP contribution in [0.1, 0.15) is 30.8 Å². The zero-order chi connectivity index (χ0) is 14.8. The van der Waals surface area contributed by atoms with Gasteiger partial charge in [-0.05, 0) is 36.2 Å². The van der Waals surface area contributed by atoms with Crippen LogP contribution in [0.4, 0.5) is 0 Å². The first-order valence-electron chi connectivity index (χ1n) is 7.06. The zero-order valence-corrected chi connectivity index (χ0v) is 13.4. The Labute approximate surface area is 132 Å². The summed E-state index contributed by atoms with van der Waals surface area (Å²) in [6.45, 7) is 2.67. The van der Waals surface area contributed by atoms with Gasteiger partial charge in [-0.15, -0.1) is 0 Å². The molecule has 3 rings (SSSR count). The Balaban J connectivity index is 2.08. The van der Waals surface area contributed by atoms with Gasteiger partial charge in [0.05, 0.1) is 11.0 Å². The van der Waals surface area contributed by atoms with Crippen LogP contribution >= 0.6 is 15.9 Å². The van der Waals surface area contributed by atoms with Gasteiger partial charge < -0.3 is 9.67 Å². The summed E-state index contributed by atoms with van der Waals surface area (Å²) in [6.07, 6.45) is 0.122. The van der Waals surface area contributed by atoms with Gasteiger partial charge in [-0.25, -0.2) is 4.98 Å². The number of para-hydroxylation sites is 2. The summed E-state index contributed by atoms with van der Waals surface area (Å²) in [5, 5.41) is 10.2. The van der Waals surface area contributed by atoms with Crippen LogP contribution < -0.4 is 0 Å². The molecule has 21 heavy (non-hydrogen) atoms. The molecule has 108 valence electrons. The van der Waals surface area contributed by atoms with Gasteiger partial charge in [0, 0.05) is 11.0 Å². The average Bonchev–Trinajstić information content (AvgIpc) is 2.88. The Hall–Kier alpha value is -1.65. The summed E-state index contributed by atoms with van der Waals surface area (Å²) in [4.78, 5) is 4.60. The summed E-state index contributed by atoms with van der Waals surface area (Å²) in [5.41, 5.74) is 3.17. The fourth-order valence-corrected chi connectivity index (χ4v) is 2.73. The minimum absolute atomic E-state index is 0.534.